The summed E-state index contributed by atoms with van der Waals surface area (Å²) in [6, 6.07) is 6.59. The predicted molar refractivity (Wildman–Crippen MR) is 80.0 cm³/mol. The first-order chi connectivity index (χ1) is 10.1. The first-order valence-corrected chi connectivity index (χ1v) is 6.99. The van der Waals surface area contributed by atoms with E-state index in [0.29, 0.717) is 17.0 Å². The molecule has 1 fully saturated rings. The molecule has 8 heteroatoms. The first kappa shape index (κ1) is 19.0. The molecular weight excluding hydrogens is 381 g/mol. The van der Waals surface area contributed by atoms with Gasteiger partial charge in [0, 0.05) is 32.7 Å². The smallest absolute Gasteiger partial charge is 0.338 e. The molecule has 0 aromatic heterocycles. The van der Waals surface area contributed by atoms with Crippen molar-refractivity contribution in [2.45, 2.75) is 0 Å². The van der Waals surface area contributed by atoms with E-state index in [1.807, 2.05) is 0 Å². The molecule has 1 saturated heterocycles. The number of benzene rings is 1. The van der Waals surface area contributed by atoms with Gasteiger partial charge in [-0.1, -0.05) is 12.1 Å². The van der Waals surface area contributed by atoms with Gasteiger partial charge in [-0.25, -0.2) is 4.79 Å². The van der Waals surface area contributed by atoms with E-state index in [4.69, 9.17) is 4.74 Å². The predicted octanol–water partition coefficient (Wildman–Crippen LogP) is 2.17. The van der Waals surface area contributed by atoms with E-state index in [9.17, 15) is 14.4 Å². The molecule has 1 aliphatic heterocycles. The van der Waals surface area contributed by atoms with Gasteiger partial charge in [0.25, 0.3) is 11.1 Å². The Labute approximate surface area is 157 Å². The molecule has 1 N–H and O–H groups in total. The van der Waals surface area contributed by atoms with Crippen molar-refractivity contribution in [3.8, 4) is 0 Å². The Hall–Kier alpha value is -1.02. The molecule has 1 heterocycles. The van der Waals surface area contributed by atoms with Crippen LogP contribution in [0.15, 0.2) is 29.2 Å². The number of carbonyl (C=O) groups excluding carboxylic acids is 3. The third kappa shape index (κ3) is 5.32. The molecule has 1 aromatic rings. The Bertz CT molecular complexity index is 601. The van der Waals surface area contributed by atoms with Crippen molar-refractivity contribution >= 4 is 35.0 Å². The van der Waals surface area contributed by atoms with Crippen molar-refractivity contribution in [2.24, 2.45) is 0 Å². The normalized spacial score (nSPS) is 15.4. The van der Waals surface area contributed by atoms with Gasteiger partial charge in [-0.3, -0.25) is 14.9 Å². The van der Waals surface area contributed by atoms with Gasteiger partial charge in [0.1, 0.15) is 0 Å². The fourth-order valence-corrected chi connectivity index (χ4v) is 2.28. The minimum Gasteiger partial charge on any atom is -0.662 e. The molecule has 1 aliphatic rings. The molecular formula is C14H13N2O4SY-. The van der Waals surface area contributed by atoms with Crippen LogP contribution in [0.5, 0.6) is 0 Å². The molecule has 1 radical (unpaired) electrons. The number of imide groups is 1. The van der Waals surface area contributed by atoms with Crippen LogP contribution in [0.2, 0.25) is 0 Å². The average molecular weight is 394 g/mol. The maximum Gasteiger partial charge on any atom is 0.338 e. The van der Waals surface area contributed by atoms with E-state index in [1.54, 1.807) is 37.4 Å². The summed E-state index contributed by atoms with van der Waals surface area (Å²) in [5, 5.41) is 5.63. The summed E-state index contributed by atoms with van der Waals surface area (Å²) in [5.74, 6) is -0.821. The number of amides is 2. The second-order valence-electron chi connectivity index (χ2n) is 4.15. The average Bonchev–Trinajstić information content (AvgIpc) is 2.78. The van der Waals surface area contributed by atoms with Gasteiger partial charge in [-0.15, -0.1) is 6.54 Å². The summed E-state index contributed by atoms with van der Waals surface area (Å²) in [6.07, 6.45) is 1.59. The van der Waals surface area contributed by atoms with Crippen LogP contribution in [0.25, 0.3) is 11.4 Å². The Balaban J connectivity index is 0.00000242. The monoisotopic (exact) mass is 394 g/mol. The molecule has 0 spiro atoms. The van der Waals surface area contributed by atoms with E-state index in [0.717, 1.165) is 17.3 Å². The molecule has 2 rings (SSSR count). The number of ether oxygens (including phenoxy) is 1. The zero-order chi connectivity index (χ0) is 15.2. The van der Waals surface area contributed by atoms with E-state index < -0.39 is 11.9 Å². The second kappa shape index (κ2) is 9.20. The summed E-state index contributed by atoms with van der Waals surface area (Å²) < 4.78 is 5.01. The topological polar surface area (TPSA) is 86.6 Å². The van der Waals surface area contributed by atoms with Crippen molar-refractivity contribution in [3.05, 3.63) is 45.6 Å². The van der Waals surface area contributed by atoms with Crippen molar-refractivity contribution in [3.63, 3.8) is 0 Å². The standard InChI is InChI=1S/C14H13N2O4S.Y/c1-15-6-7-20-13(18)10-4-2-9(3-5-10)8-11-12(17)16-14(19)21-11;/h2-5,8H,6-7H2,1H3,(H,16,17,19);/q-1;/b11-8-;. The Kier molecular flexibility index (Phi) is 7.96. The number of hydrogen-bond acceptors (Lipinski definition) is 5. The summed E-state index contributed by atoms with van der Waals surface area (Å²) in [5.41, 5.74) is 1.15. The van der Waals surface area contributed by atoms with Crippen LogP contribution in [-0.4, -0.2) is 37.3 Å². The zero-order valence-corrected chi connectivity index (χ0v) is 15.5. The quantitative estimate of drug-likeness (QED) is 0.470. The minimum atomic E-state index is -0.416. The SMILES string of the molecule is C[N-]CCOC(=O)c1ccc(/C=C2\SC(=O)NC2=O)cc1.[Y]. The fraction of sp³-hybridized carbons (Fsp3) is 0.214. The van der Waals surface area contributed by atoms with Gasteiger partial charge < -0.3 is 10.1 Å². The number of nitrogens with zero attached hydrogens (tertiary/aromatic N) is 1. The molecule has 0 bridgehead atoms. The van der Waals surface area contributed by atoms with Gasteiger partial charge in [-0.05, 0) is 35.5 Å². The summed E-state index contributed by atoms with van der Waals surface area (Å²) in [4.78, 5) is 34.5. The van der Waals surface area contributed by atoms with Gasteiger partial charge in [0.15, 0.2) is 0 Å². The largest absolute Gasteiger partial charge is 0.662 e. The van der Waals surface area contributed by atoms with Crippen molar-refractivity contribution < 1.29 is 51.8 Å². The number of thioether (sulfide) groups is 1. The second-order valence-corrected chi connectivity index (χ2v) is 5.16. The Morgan fingerprint density at radius 2 is 2.00 bits per heavy atom. The molecule has 2 amide bonds. The molecule has 0 aliphatic carbocycles. The Morgan fingerprint density at radius 1 is 1.32 bits per heavy atom. The van der Waals surface area contributed by atoms with E-state index in [1.165, 1.54) is 0 Å². The number of carbonyl (C=O) groups is 3. The number of rotatable bonds is 5. The number of nitrogens with one attached hydrogen (secondary N) is 1. The molecule has 22 heavy (non-hydrogen) atoms. The third-order valence-corrected chi connectivity index (χ3v) is 3.44. The van der Waals surface area contributed by atoms with Gasteiger partial charge in [0.05, 0.1) is 17.1 Å². The van der Waals surface area contributed by atoms with Gasteiger partial charge >= 0.3 is 5.97 Å². The molecule has 113 valence electrons. The van der Waals surface area contributed by atoms with E-state index >= 15 is 0 Å². The summed E-state index contributed by atoms with van der Waals surface area (Å²) in [6.45, 7) is 0.719. The maximum absolute atomic E-state index is 11.7. The van der Waals surface area contributed by atoms with Crippen LogP contribution in [0, 0.1) is 0 Å². The van der Waals surface area contributed by atoms with Crippen molar-refractivity contribution in [1.82, 2.24) is 5.32 Å². The van der Waals surface area contributed by atoms with Crippen LogP contribution in [-0.2, 0) is 42.2 Å². The van der Waals surface area contributed by atoms with Crippen molar-refractivity contribution in [1.29, 1.82) is 0 Å². The van der Waals surface area contributed by atoms with E-state index in [2.05, 4.69) is 10.6 Å². The molecule has 1 aromatic carbocycles. The third-order valence-electron chi connectivity index (χ3n) is 2.63. The van der Waals surface area contributed by atoms with Gasteiger partial charge in [-0.2, -0.15) is 7.05 Å². The minimum absolute atomic E-state index is 0. The summed E-state index contributed by atoms with van der Waals surface area (Å²) in [7, 11) is 1.65. The van der Waals surface area contributed by atoms with Crippen LogP contribution in [0.1, 0.15) is 15.9 Å². The van der Waals surface area contributed by atoms with Crippen LogP contribution in [0.3, 0.4) is 0 Å². The maximum atomic E-state index is 11.7. The van der Waals surface area contributed by atoms with Crippen LogP contribution < -0.4 is 5.32 Å². The number of likely N-dealkylation sites (N-methyl/N-ethyl adjacent to an activating group) is 1. The fourth-order valence-electron chi connectivity index (χ4n) is 1.60. The first-order valence-electron chi connectivity index (χ1n) is 6.18. The van der Waals surface area contributed by atoms with E-state index in [-0.39, 0.29) is 44.6 Å². The molecule has 0 saturated carbocycles. The molecule has 0 unspecified atom stereocenters. The van der Waals surface area contributed by atoms with Crippen LogP contribution >= 0.6 is 11.8 Å². The van der Waals surface area contributed by atoms with Crippen LogP contribution in [0.4, 0.5) is 4.79 Å². The number of hydrogen-bond donors (Lipinski definition) is 1. The summed E-state index contributed by atoms with van der Waals surface area (Å²) >= 11 is 0.852. The number of esters is 1. The molecule has 0 atom stereocenters. The van der Waals surface area contributed by atoms with Gasteiger partial charge in [0.2, 0.25) is 0 Å². The van der Waals surface area contributed by atoms with Crippen molar-refractivity contribution in [2.75, 3.05) is 20.2 Å². The Morgan fingerprint density at radius 3 is 2.55 bits per heavy atom. The zero-order valence-electron chi connectivity index (χ0n) is 11.9. The molecule has 6 nitrogen and oxygen atoms in total.